The van der Waals surface area contributed by atoms with Crippen LogP contribution in [0.1, 0.15) is 23.1 Å². The predicted octanol–water partition coefficient (Wildman–Crippen LogP) is 2.05. The molecule has 1 atom stereocenters. The lowest BCUT2D eigenvalue weighted by Gasteiger charge is -2.17. The minimum atomic E-state index is -2.06. The van der Waals surface area contributed by atoms with E-state index >= 15 is 0 Å². The minimum Gasteiger partial charge on any atom is -0.479 e. The van der Waals surface area contributed by atoms with E-state index in [1.54, 1.807) is 25.1 Å². The van der Waals surface area contributed by atoms with Crippen LogP contribution in [0.15, 0.2) is 24.3 Å². The van der Waals surface area contributed by atoms with Gasteiger partial charge in [0.25, 0.3) is 5.91 Å². The normalized spacial score (nSPS) is 13.4. The molecule has 1 amide bonds. The molecule has 3 N–H and O–H groups in total. The summed E-state index contributed by atoms with van der Waals surface area (Å²) < 4.78 is 1.51. The average Bonchev–Trinajstić information content (AvgIpc) is 2.89. The number of hydrogen-bond donors (Lipinski definition) is 3. The Hall–Kier alpha value is -2.09. The molecule has 9 heteroatoms. The van der Waals surface area contributed by atoms with Crippen molar-refractivity contribution in [2.45, 2.75) is 19.4 Å². The lowest BCUT2D eigenvalue weighted by atomic mass is 10.1. The van der Waals surface area contributed by atoms with Gasteiger partial charge in [0.2, 0.25) is 0 Å². The summed E-state index contributed by atoms with van der Waals surface area (Å²) in [6.07, 6.45) is 0. The van der Waals surface area contributed by atoms with E-state index in [0.29, 0.717) is 21.4 Å². The van der Waals surface area contributed by atoms with E-state index in [1.807, 2.05) is 0 Å². The monoisotopic (exact) mass is 371 g/mol. The number of aliphatic carboxylic acids is 1. The van der Waals surface area contributed by atoms with Gasteiger partial charge in [-0.3, -0.25) is 4.79 Å². The van der Waals surface area contributed by atoms with Gasteiger partial charge in [-0.2, -0.15) is 5.10 Å². The van der Waals surface area contributed by atoms with Crippen molar-refractivity contribution in [2.75, 3.05) is 6.54 Å². The van der Waals surface area contributed by atoms with E-state index in [4.69, 9.17) is 28.3 Å². The molecule has 0 aliphatic rings. The van der Waals surface area contributed by atoms with Crippen LogP contribution in [-0.2, 0) is 4.79 Å². The smallest absolute Gasteiger partial charge is 0.337 e. The molecule has 0 fully saturated rings. The van der Waals surface area contributed by atoms with Crippen molar-refractivity contribution < 1.29 is 19.8 Å². The minimum absolute atomic E-state index is 0.0831. The quantitative estimate of drug-likeness (QED) is 0.745. The number of aliphatic hydroxyl groups is 1. The lowest BCUT2D eigenvalue weighted by molar-refractivity contribution is -0.155. The Balaban J connectivity index is 2.20. The second-order valence-corrected chi connectivity index (χ2v) is 6.26. The van der Waals surface area contributed by atoms with Gasteiger partial charge in [0, 0.05) is 5.69 Å². The Kier molecular flexibility index (Phi) is 5.17. The highest BCUT2D eigenvalue weighted by Crippen LogP contribution is 2.25. The Labute approximate surface area is 147 Å². The van der Waals surface area contributed by atoms with Gasteiger partial charge in [-0.05, 0) is 38.1 Å². The van der Waals surface area contributed by atoms with E-state index in [2.05, 4.69) is 10.4 Å². The second-order valence-electron chi connectivity index (χ2n) is 5.44. The zero-order chi connectivity index (χ0) is 18.1. The fourth-order valence-electron chi connectivity index (χ4n) is 1.88. The van der Waals surface area contributed by atoms with Gasteiger partial charge in [0.1, 0.15) is 0 Å². The maximum atomic E-state index is 12.1. The molecule has 2 aromatic rings. The molecular formula is C15H15Cl2N3O4. The Bertz CT molecular complexity index is 802. The lowest BCUT2D eigenvalue weighted by Crippen LogP contribution is -2.46. The maximum Gasteiger partial charge on any atom is 0.337 e. The van der Waals surface area contributed by atoms with Crippen LogP contribution in [0.4, 0.5) is 0 Å². The second kappa shape index (κ2) is 6.80. The topological polar surface area (TPSA) is 104 Å². The summed E-state index contributed by atoms with van der Waals surface area (Å²) >= 11 is 11.9. The van der Waals surface area contributed by atoms with Gasteiger partial charge in [-0.25, -0.2) is 9.48 Å². The number of aromatic nitrogens is 2. The van der Waals surface area contributed by atoms with Crippen LogP contribution in [0.5, 0.6) is 0 Å². The Morgan fingerprint density at radius 1 is 1.29 bits per heavy atom. The predicted molar refractivity (Wildman–Crippen MR) is 88.9 cm³/mol. The fraction of sp³-hybridized carbons (Fsp3) is 0.267. The highest BCUT2D eigenvalue weighted by molar-refractivity contribution is 6.42. The number of amides is 1. The van der Waals surface area contributed by atoms with Gasteiger partial charge in [-0.15, -0.1) is 0 Å². The molecule has 0 aliphatic carbocycles. The molecule has 0 bridgehead atoms. The molecule has 128 valence electrons. The number of hydrogen-bond acceptors (Lipinski definition) is 4. The molecule has 1 aromatic heterocycles. The first-order valence-electron chi connectivity index (χ1n) is 6.88. The number of benzene rings is 1. The van der Waals surface area contributed by atoms with Gasteiger partial charge < -0.3 is 15.5 Å². The molecule has 0 spiro atoms. The van der Waals surface area contributed by atoms with Crippen LogP contribution in [0.2, 0.25) is 10.0 Å². The average molecular weight is 372 g/mol. The number of carboxylic acid groups (broad SMARTS) is 1. The first kappa shape index (κ1) is 18.3. The van der Waals surface area contributed by atoms with Crippen LogP contribution in [-0.4, -0.2) is 44.0 Å². The summed E-state index contributed by atoms with van der Waals surface area (Å²) in [7, 11) is 0. The summed E-state index contributed by atoms with van der Waals surface area (Å²) in [5.41, 5.74) is -0.682. The summed E-state index contributed by atoms with van der Waals surface area (Å²) in [6, 6.07) is 6.46. The van der Waals surface area contributed by atoms with E-state index in [0.717, 1.165) is 6.92 Å². The van der Waals surface area contributed by atoms with Crippen molar-refractivity contribution in [1.29, 1.82) is 0 Å². The highest BCUT2D eigenvalue weighted by atomic mass is 35.5. The summed E-state index contributed by atoms with van der Waals surface area (Å²) in [5.74, 6) is -2.03. The van der Waals surface area contributed by atoms with Crippen molar-refractivity contribution in [3.05, 3.63) is 45.7 Å². The number of carbonyl (C=O) groups excluding carboxylic acids is 1. The van der Waals surface area contributed by atoms with Crippen LogP contribution in [0.25, 0.3) is 5.69 Å². The number of carbonyl (C=O) groups is 2. The van der Waals surface area contributed by atoms with Gasteiger partial charge in [0.05, 0.1) is 22.3 Å². The first-order valence-corrected chi connectivity index (χ1v) is 7.63. The fourth-order valence-corrected chi connectivity index (χ4v) is 2.17. The number of aryl methyl sites for hydroxylation is 1. The van der Waals surface area contributed by atoms with E-state index in [9.17, 15) is 14.7 Å². The third kappa shape index (κ3) is 3.87. The van der Waals surface area contributed by atoms with Crippen LogP contribution in [0.3, 0.4) is 0 Å². The molecular weight excluding hydrogens is 357 g/mol. The van der Waals surface area contributed by atoms with Crippen LogP contribution in [0, 0.1) is 6.92 Å². The zero-order valence-electron chi connectivity index (χ0n) is 12.9. The summed E-state index contributed by atoms with van der Waals surface area (Å²) in [4.78, 5) is 22.9. The van der Waals surface area contributed by atoms with E-state index < -0.39 is 24.0 Å². The summed E-state index contributed by atoms with van der Waals surface area (Å²) in [6.45, 7) is 2.40. The van der Waals surface area contributed by atoms with Crippen molar-refractivity contribution in [2.24, 2.45) is 0 Å². The van der Waals surface area contributed by atoms with Gasteiger partial charge in [0.15, 0.2) is 11.3 Å². The highest BCUT2D eigenvalue weighted by Gasteiger charge is 2.30. The number of halogens is 2. The molecule has 0 saturated heterocycles. The maximum absolute atomic E-state index is 12.1. The summed E-state index contributed by atoms with van der Waals surface area (Å²) in [5, 5.41) is 25.7. The van der Waals surface area contributed by atoms with E-state index in [1.165, 1.54) is 10.7 Å². The van der Waals surface area contributed by atoms with Crippen molar-refractivity contribution in [1.82, 2.24) is 15.1 Å². The Morgan fingerprint density at radius 3 is 2.54 bits per heavy atom. The van der Waals surface area contributed by atoms with Crippen molar-refractivity contribution >= 4 is 35.1 Å². The molecule has 24 heavy (non-hydrogen) atoms. The molecule has 0 radical (unpaired) electrons. The van der Waals surface area contributed by atoms with Crippen LogP contribution < -0.4 is 5.32 Å². The molecule has 1 aromatic carbocycles. The molecule has 2 rings (SSSR count). The molecule has 0 aliphatic heterocycles. The Morgan fingerprint density at radius 2 is 1.96 bits per heavy atom. The number of nitrogens with zero attached hydrogens (tertiary/aromatic N) is 2. The number of nitrogens with one attached hydrogen (secondary N) is 1. The van der Waals surface area contributed by atoms with Gasteiger partial charge >= 0.3 is 5.97 Å². The SMILES string of the molecule is Cc1cc(C(=O)NCC(C)(O)C(=O)O)nn1-c1ccc(Cl)c(Cl)c1. The third-order valence-corrected chi connectivity index (χ3v) is 4.06. The number of rotatable bonds is 5. The molecule has 1 unspecified atom stereocenters. The number of carboxylic acids is 1. The third-order valence-electron chi connectivity index (χ3n) is 3.32. The largest absolute Gasteiger partial charge is 0.479 e. The zero-order valence-corrected chi connectivity index (χ0v) is 14.4. The van der Waals surface area contributed by atoms with Crippen molar-refractivity contribution in [3.8, 4) is 5.69 Å². The van der Waals surface area contributed by atoms with Crippen molar-refractivity contribution in [3.63, 3.8) is 0 Å². The van der Waals surface area contributed by atoms with Gasteiger partial charge in [-0.1, -0.05) is 23.2 Å². The molecule has 7 nitrogen and oxygen atoms in total. The molecule has 0 saturated carbocycles. The first-order chi connectivity index (χ1) is 11.1. The van der Waals surface area contributed by atoms with Crippen LogP contribution >= 0.6 is 23.2 Å². The standard InChI is InChI=1S/C15H15Cl2N3O4/c1-8-5-12(13(21)18-7-15(2,24)14(22)23)19-20(8)9-3-4-10(16)11(17)6-9/h3-6,24H,7H2,1-2H3,(H,18,21)(H,22,23). The van der Waals surface area contributed by atoms with E-state index in [-0.39, 0.29) is 5.69 Å². The molecule has 1 heterocycles.